The van der Waals surface area contributed by atoms with Crippen LogP contribution in [0.1, 0.15) is 23.2 Å². The molecule has 1 heterocycles. The largest absolute Gasteiger partial charge is 0.469 e. The number of hydrogen-bond acceptors (Lipinski definition) is 4. The molecular weight excluding hydrogens is 345 g/mol. The van der Waals surface area contributed by atoms with Crippen molar-refractivity contribution in [3.05, 3.63) is 26.6 Å². The Morgan fingerprint density at radius 2 is 2.35 bits per heavy atom. The fourth-order valence-electron chi connectivity index (χ4n) is 1.28. The predicted molar refractivity (Wildman–Crippen MR) is 62.3 cm³/mol. The van der Waals surface area contributed by atoms with Gasteiger partial charge in [-0.1, -0.05) is 0 Å². The second kappa shape index (κ2) is 5.86. The van der Waals surface area contributed by atoms with Gasteiger partial charge in [-0.15, -0.1) is 0 Å². The minimum atomic E-state index is -2.85. The van der Waals surface area contributed by atoms with E-state index in [1.807, 2.05) is 0 Å². The van der Waals surface area contributed by atoms with Crippen molar-refractivity contribution in [3.63, 3.8) is 0 Å². The van der Waals surface area contributed by atoms with E-state index in [0.717, 1.165) is 0 Å². The van der Waals surface area contributed by atoms with Gasteiger partial charge in [0.1, 0.15) is 9.77 Å². The fourth-order valence-corrected chi connectivity index (χ4v) is 1.89. The lowest BCUT2D eigenvalue weighted by atomic mass is 10.0. The molecule has 0 unspecified atom stereocenters. The van der Waals surface area contributed by atoms with E-state index < -0.39 is 18.0 Å². The second-order valence-electron chi connectivity index (χ2n) is 3.03. The van der Waals surface area contributed by atoms with E-state index in [9.17, 15) is 13.6 Å². The summed E-state index contributed by atoms with van der Waals surface area (Å²) in [5.74, 6) is -0.641. The first kappa shape index (κ1) is 13.8. The molecule has 0 aliphatic carbocycles. The molecule has 0 aliphatic rings. The Morgan fingerprint density at radius 1 is 1.71 bits per heavy atom. The molecule has 0 saturated carbocycles. The van der Waals surface area contributed by atoms with Crippen LogP contribution in [0.4, 0.5) is 8.78 Å². The Bertz CT molecular complexity index is 486. The van der Waals surface area contributed by atoms with E-state index in [1.54, 1.807) is 28.7 Å². The summed E-state index contributed by atoms with van der Waals surface area (Å²) in [4.78, 5) is 14.8. The van der Waals surface area contributed by atoms with Crippen LogP contribution in [0.25, 0.3) is 0 Å². The maximum atomic E-state index is 12.8. The monoisotopic (exact) mass is 352 g/mol. The summed E-state index contributed by atoms with van der Waals surface area (Å²) in [7, 11) is 1.17. The van der Waals surface area contributed by atoms with Crippen LogP contribution in [0.3, 0.4) is 0 Å². The average Bonchev–Trinajstić information content (AvgIpc) is 2.27. The zero-order valence-electron chi connectivity index (χ0n) is 8.71. The van der Waals surface area contributed by atoms with Crippen LogP contribution >= 0.6 is 22.6 Å². The van der Waals surface area contributed by atoms with Gasteiger partial charge in [-0.25, -0.2) is 13.8 Å². The van der Waals surface area contributed by atoms with Crippen LogP contribution in [0.15, 0.2) is 6.07 Å². The maximum Gasteiger partial charge on any atom is 0.309 e. The quantitative estimate of drug-likeness (QED) is 0.475. The van der Waals surface area contributed by atoms with Gasteiger partial charge in [0.25, 0.3) is 6.43 Å². The van der Waals surface area contributed by atoms with Crippen LogP contribution in [0.5, 0.6) is 0 Å². The second-order valence-corrected chi connectivity index (χ2v) is 4.14. The van der Waals surface area contributed by atoms with Gasteiger partial charge in [-0.3, -0.25) is 4.79 Å². The first-order chi connectivity index (χ1) is 7.99. The van der Waals surface area contributed by atoms with Crippen molar-refractivity contribution in [2.75, 3.05) is 7.11 Å². The number of nitrogens with zero attached hydrogens (tertiary/aromatic N) is 2. The highest BCUT2D eigenvalue weighted by Crippen LogP contribution is 2.27. The zero-order chi connectivity index (χ0) is 13.0. The van der Waals surface area contributed by atoms with Gasteiger partial charge in [0, 0.05) is 0 Å². The molecule has 0 aliphatic heterocycles. The van der Waals surface area contributed by atoms with Gasteiger partial charge >= 0.3 is 5.97 Å². The summed E-state index contributed by atoms with van der Waals surface area (Å²) < 4.78 is 30.4. The Labute approximate surface area is 110 Å². The van der Waals surface area contributed by atoms with Gasteiger partial charge in [0.05, 0.1) is 19.1 Å². The van der Waals surface area contributed by atoms with Crippen molar-refractivity contribution < 1.29 is 18.3 Å². The van der Waals surface area contributed by atoms with E-state index >= 15 is 0 Å². The topological polar surface area (TPSA) is 63.0 Å². The minimum Gasteiger partial charge on any atom is -0.469 e. The summed E-state index contributed by atoms with van der Waals surface area (Å²) >= 11 is 1.79. The summed E-state index contributed by atoms with van der Waals surface area (Å²) in [5, 5.41) is 8.74. The van der Waals surface area contributed by atoms with Gasteiger partial charge in [0.2, 0.25) is 0 Å². The van der Waals surface area contributed by atoms with Crippen molar-refractivity contribution in [2.24, 2.45) is 0 Å². The molecule has 7 heteroatoms. The third-order valence-electron chi connectivity index (χ3n) is 2.00. The summed E-state index contributed by atoms with van der Waals surface area (Å²) in [5.41, 5.74) is -0.785. The number of halogens is 3. The van der Waals surface area contributed by atoms with Crippen LogP contribution in [0.2, 0.25) is 0 Å². The molecular formula is C10H7F2IN2O2. The highest BCUT2D eigenvalue weighted by Gasteiger charge is 2.22. The van der Waals surface area contributed by atoms with Crippen molar-refractivity contribution in [1.29, 1.82) is 5.26 Å². The van der Waals surface area contributed by atoms with Crippen LogP contribution in [-0.4, -0.2) is 18.1 Å². The smallest absolute Gasteiger partial charge is 0.309 e. The van der Waals surface area contributed by atoms with Crippen molar-refractivity contribution in [2.45, 2.75) is 12.8 Å². The van der Waals surface area contributed by atoms with E-state index in [1.165, 1.54) is 13.2 Å². The summed E-state index contributed by atoms with van der Waals surface area (Å²) in [6.45, 7) is 0. The summed E-state index contributed by atoms with van der Waals surface area (Å²) in [6, 6.07) is 2.95. The molecule has 0 bridgehead atoms. The standard InChI is InChI=1S/C10H7F2IN2O2/c1-17-8(16)3-5-2-7(13)15-6(4-14)9(5)10(11)12/h2,10H,3H2,1H3. The van der Waals surface area contributed by atoms with Crippen LogP contribution in [0, 0.1) is 15.0 Å². The normalized spacial score (nSPS) is 10.1. The lowest BCUT2D eigenvalue weighted by Gasteiger charge is -2.09. The van der Waals surface area contributed by atoms with Crippen LogP contribution < -0.4 is 0 Å². The van der Waals surface area contributed by atoms with E-state index in [-0.39, 0.29) is 17.7 Å². The van der Waals surface area contributed by atoms with E-state index in [4.69, 9.17) is 5.26 Å². The highest BCUT2D eigenvalue weighted by atomic mass is 127. The molecule has 0 spiro atoms. The molecule has 0 saturated heterocycles. The van der Waals surface area contributed by atoms with Crippen molar-refractivity contribution >= 4 is 28.6 Å². The molecule has 0 amide bonds. The van der Waals surface area contributed by atoms with Crippen molar-refractivity contribution in [3.8, 4) is 6.07 Å². The van der Waals surface area contributed by atoms with Gasteiger partial charge in [0.15, 0.2) is 5.69 Å². The Kier molecular flexibility index (Phi) is 4.74. The number of carbonyl (C=O) groups excluding carboxylic acids is 1. The Morgan fingerprint density at radius 3 is 2.82 bits per heavy atom. The van der Waals surface area contributed by atoms with Crippen LogP contribution in [-0.2, 0) is 16.0 Å². The van der Waals surface area contributed by atoms with Gasteiger partial charge in [-0.2, -0.15) is 5.26 Å². The number of carbonyl (C=O) groups is 1. The molecule has 0 radical (unpaired) electrons. The average molecular weight is 352 g/mol. The molecule has 0 fully saturated rings. The third-order valence-corrected chi connectivity index (χ3v) is 2.55. The lowest BCUT2D eigenvalue weighted by molar-refractivity contribution is -0.139. The number of hydrogen-bond donors (Lipinski definition) is 0. The van der Waals surface area contributed by atoms with Crippen molar-refractivity contribution in [1.82, 2.24) is 4.98 Å². The molecule has 17 heavy (non-hydrogen) atoms. The minimum absolute atomic E-state index is 0.0720. The van der Waals surface area contributed by atoms with Gasteiger partial charge < -0.3 is 4.74 Å². The first-order valence-electron chi connectivity index (χ1n) is 4.44. The number of rotatable bonds is 3. The summed E-state index contributed by atoms with van der Waals surface area (Å²) in [6.07, 6.45) is -3.16. The van der Waals surface area contributed by atoms with E-state index in [0.29, 0.717) is 3.70 Å². The zero-order valence-corrected chi connectivity index (χ0v) is 10.9. The third kappa shape index (κ3) is 3.33. The predicted octanol–water partition coefficient (Wildman–Crippen LogP) is 2.21. The maximum absolute atomic E-state index is 12.8. The van der Waals surface area contributed by atoms with E-state index in [2.05, 4.69) is 9.72 Å². The number of aromatic nitrogens is 1. The van der Waals surface area contributed by atoms with Gasteiger partial charge in [-0.05, 0) is 34.2 Å². The molecule has 1 aromatic heterocycles. The molecule has 90 valence electrons. The molecule has 1 rings (SSSR count). The number of alkyl halides is 2. The fraction of sp³-hybridized carbons (Fsp3) is 0.300. The number of nitriles is 1. The number of ether oxygens (including phenoxy) is 1. The Balaban J connectivity index is 3.31. The molecule has 0 aromatic carbocycles. The number of esters is 1. The number of methoxy groups -OCH3 is 1. The molecule has 0 N–H and O–H groups in total. The molecule has 1 aromatic rings. The number of pyridine rings is 1. The first-order valence-corrected chi connectivity index (χ1v) is 5.51. The lowest BCUT2D eigenvalue weighted by Crippen LogP contribution is -2.10. The SMILES string of the molecule is COC(=O)Cc1cc(I)nc(C#N)c1C(F)F. The Hall–Kier alpha value is -1.30. The molecule has 0 atom stereocenters. The highest BCUT2D eigenvalue weighted by molar-refractivity contribution is 14.1. The molecule has 4 nitrogen and oxygen atoms in total.